The molecule has 5 nitrogen and oxygen atoms in total. The van der Waals surface area contributed by atoms with E-state index >= 15 is 0 Å². The van der Waals surface area contributed by atoms with Gasteiger partial charge in [-0.05, 0) is 70.6 Å². The van der Waals surface area contributed by atoms with Crippen LogP contribution in [0.1, 0.15) is 41.1 Å². The molecule has 0 radical (unpaired) electrons. The Hall–Kier alpha value is -2.37. The predicted octanol–water partition coefficient (Wildman–Crippen LogP) is 3.87. The Morgan fingerprint density at radius 2 is 1.83 bits per heavy atom. The van der Waals surface area contributed by atoms with Crippen molar-refractivity contribution in [3.05, 3.63) is 70.8 Å². The third-order valence-electron chi connectivity index (χ3n) is 6.23. The van der Waals surface area contributed by atoms with Gasteiger partial charge < -0.3 is 20.4 Å². The molecule has 1 aliphatic heterocycles. The van der Waals surface area contributed by atoms with Crippen LogP contribution in [0.3, 0.4) is 0 Å². The lowest BCUT2D eigenvalue weighted by molar-refractivity contribution is 0.135. The summed E-state index contributed by atoms with van der Waals surface area (Å²) < 4.78 is 0. The van der Waals surface area contributed by atoms with Crippen LogP contribution in [0.2, 0.25) is 0 Å². The number of hydrogen-bond acceptors (Lipinski definition) is 3. The molecule has 1 aliphatic rings. The molecular formula is C25H36N4O. The number of carbonyl (C=O) groups is 1. The second kappa shape index (κ2) is 10.6. The van der Waals surface area contributed by atoms with E-state index in [1.54, 1.807) is 0 Å². The van der Waals surface area contributed by atoms with Crippen LogP contribution in [-0.4, -0.2) is 55.6 Å². The predicted molar refractivity (Wildman–Crippen MR) is 124 cm³/mol. The molecule has 2 aromatic carbocycles. The molecule has 0 aliphatic carbocycles. The number of nitrogens with zero attached hydrogens (tertiary/aromatic N) is 2. The molecule has 2 aromatic rings. The van der Waals surface area contributed by atoms with E-state index in [0.717, 1.165) is 30.8 Å². The van der Waals surface area contributed by atoms with Crippen molar-refractivity contribution in [3.63, 3.8) is 0 Å². The summed E-state index contributed by atoms with van der Waals surface area (Å²) in [5.74, 6) is 0. The van der Waals surface area contributed by atoms with Crippen LogP contribution in [0.5, 0.6) is 0 Å². The van der Waals surface area contributed by atoms with Gasteiger partial charge in [-0.2, -0.15) is 0 Å². The van der Waals surface area contributed by atoms with E-state index in [2.05, 4.69) is 78.7 Å². The number of carbonyl (C=O) groups excluding carboxylic acids is 1. The van der Waals surface area contributed by atoms with E-state index in [1.807, 2.05) is 18.2 Å². The Bertz CT molecular complexity index is 815. The zero-order chi connectivity index (χ0) is 21.5. The van der Waals surface area contributed by atoms with E-state index in [0.29, 0.717) is 12.6 Å². The molecule has 1 heterocycles. The quantitative estimate of drug-likeness (QED) is 0.731. The number of piperidine rings is 1. The molecule has 162 valence electrons. The molecule has 0 spiro atoms. The average molecular weight is 409 g/mol. The summed E-state index contributed by atoms with van der Waals surface area (Å²) in [6.07, 6.45) is 2.35. The first-order valence-electron chi connectivity index (χ1n) is 11.0. The number of urea groups is 1. The highest BCUT2D eigenvalue weighted by Crippen LogP contribution is 2.19. The maximum Gasteiger partial charge on any atom is 0.315 e. The molecule has 5 heteroatoms. The summed E-state index contributed by atoms with van der Waals surface area (Å²) in [5, 5.41) is 6.25. The monoisotopic (exact) mass is 408 g/mol. The van der Waals surface area contributed by atoms with Crippen molar-refractivity contribution in [2.45, 2.75) is 45.3 Å². The number of aryl methyl sites for hydroxylation is 2. The average Bonchev–Trinajstić information content (AvgIpc) is 2.73. The highest BCUT2D eigenvalue weighted by atomic mass is 16.2. The normalized spacial score (nSPS) is 16.4. The van der Waals surface area contributed by atoms with Crippen molar-refractivity contribution < 1.29 is 4.79 Å². The minimum Gasteiger partial charge on any atom is -0.334 e. The van der Waals surface area contributed by atoms with Crippen molar-refractivity contribution in [2.24, 2.45) is 0 Å². The summed E-state index contributed by atoms with van der Waals surface area (Å²) >= 11 is 0. The number of likely N-dealkylation sites (tertiary alicyclic amines) is 1. The Balaban J connectivity index is 1.61. The van der Waals surface area contributed by atoms with E-state index in [9.17, 15) is 4.79 Å². The molecule has 3 rings (SSSR count). The van der Waals surface area contributed by atoms with Crippen LogP contribution in [0, 0.1) is 13.8 Å². The number of hydrogen-bond donors (Lipinski definition) is 2. The molecule has 0 unspecified atom stereocenters. The number of rotatable bonds is 7. The second-order valence-electron chi connectivity index (χ2n) is 8.69. The minimum atomic E-state index is -0.124. The van der Waals surface area contributed by atoms with Gasteiger partial charge in [0.15, 0.2) is 0 Å². The van der Waals surface area contributed by atoms with Crippen molar-refractivity contribution in [1.29, 1.82) is 0 Å². The molecule has 2 N–H and O–H groups in total. The van der Waals surface area contributed by atoms with Gasteiger partial charge in [0, 0.05) is 19.1 Å². The Morgan fingerprint density at radius 1 is 1.13 bits per heavy atom. The molecule has 1 atom stereocenters. The van der Waals surface area contributed by atoms with Gasteiger partial charge in [0.25, 0.3) is 0 Å². The molecule has 0 saturated carbocycles. The van der Waals surface area contributed by atoms with Gasteiger partial charge in [-0.3, -0.25) is 0 Å². The van der Waals surface area contributed by atoms with Crippen LogP contribution in [0.15, 0.2) is 48.5 Å². The zero-order valence-corrected chi connectivity index (χ0v) is 18.8. The summed E-state index contributed by atoms with van der Waals surface area (Å²) in [6, 6.07) is 17.0. The van der Waals surface area contributed by atoms with Gasteiger partial charge in [0.05, 0.1) is 6.04 Å². The van der Waals surface area contributed by atoms with Crippen molar-refractivity contribution in [3.8, 4) is 0 Å². The summed E-state index contributed by atoms with van der Waals surface area (Å²) in [4.78, 5) is 17.5. The zero-order valence-electron chi connectivity index (χ0n) is 18.8. The van der Waals surface area contributed by atoms with Crippen molar-refractivity contribution in [2.75, 3.05) is 33.7 Å². The first-order valence-corrected chi connectivity index (χ1v) is 11.0. The van der Waals surface area contributed by atoms with Gasteiger partial charge in [0.2, 0.25) is 0 Å². The number of likely N-dealkylation sites (N-methyl/N-ethyl adjacent to an activating group) is 1. The summed E-state index contributed by atoms with van der Waals surface area (Å²) in [6.45, 7) is 7.77. The minimum absolute atomic E-state index is 0.0463. The smallest absolute Gasteiger partial charge is 0.315 e. The second-order valence-corrected chi connectivity index (χ2v) is 8.69. The molecular weight excluding hydrogens is 372 g/mol. The highest BCUT2D eigenvalue weighted by molar-refractivity contribution is 5.74. The fourth-order valence-corrected chi connectivity index (χ4v) is 4.22. The lowest BCUT2D eigenvalue weighted by Crippen LogP contribution is -2.47. The molecule has 0 bridgehead atoms. The fraction of sp³-hybridized carbons (Fsp3) is 0.480. The maximum absolute atomic E-state index is 12.7. The molecule has 0 aromatic heterocycles. The standard InChI is InChI=1S/C25H36N4O/c1-19-10-11-22(20(2)16-19)17-26-25(30)27-24(21-8-6-5-7-9-21)18-29(4)23-12-14-28(3)15-13-23/h5-11,16,23-24H,12-15,17-18H2,1-4H3,(H2,26,27,30)/t24-/m0/s1. The summed E-state index contributed by atoms with van der Waals surface area (Å²) in [7, 11) is 4.37. The lowest BCUT2D eigenvalue weighted by atomic mass is 10.0. The molecule has 2 amide bonds. The third kappa shape index (κ3) is 6.31. The molecule has 1 fully saturated rings. The Labute approximate surface area is 181 Å². The van der Waals surface area contributed by atoms with E-state index in [-0.39, 0.29) is 12.1 Å². The number of amides is 2. The van der Waals surface area contributed by atoms with Gasteiger partial charge in [-0.25, -0.2) is 4.79 Å². The maximum atomic E-state index is 12.7. The number of nitrogens with one attached hydrogen (secondary N) is 2. The van der Waals surface area contributed by atoms with Crippen LogP contribution >= 0.6 is 0 Å². The third-order valence-corrected chi connectivity index (χ3v) is 6.23. The first-order chi connectivity index (χ1) is 14.4. The van der Waals surface area contributed by atoms with Gasteiger partial charge in [-0.1, -0.05) is 54.1 Å². The fourth-order valence-electron chi connectivity index (χ4n) is 4.22. The van der Waals surface area contributed by atoms with Crippen LogP contribution in [0.4, 0.5) is 4.79 Å². The van der Waals surface area contributed by atoms with Crippen molar-refractivity contribution >= 4 is 6.03 Å². The highest BCUT2D eigenvalue weighted by Gasteiger charge is 2.24. The molecule has 1 saturated heterocycles. The van der Waals surface area contributed by atoms with Crippen molar-refractivity contribution in [1.82, 2.24) is 20.4 Å². The lowest BCUT2D eigenvalue weighted by Gasteiger charge is -2.37. The van der Waals surface area contributed by atoms with Crippen LogP contribution in [0.25, 0.3) is 0 Å². The Morgan fingerprint density at radius 3 is 2.50 bits per heavy atom. The van der Waals surface area contributed by atoms with Gasteiger partial charge in [0.1, 0.15) is 0 Å². The van der Waals surface area contributed by atoms with Gasteiger partial charge in [-0.15, -0.1) is 0 Å². The topological polar surface area (TPSA) is 47.6 Å². The number of benzene rings is 2. The summed E-state index contributed by atoms with van der Waals surface area (Å²) in [5.41, 5.74) is 4.73. The molecule has 30 heavy (non-hydrogen) atoms. The van der Waals surface area contributed by atoms with E-state index in [1.165, 1.54) is 24.0 Å². The first kappa shape index (κ1) is 22.3. The Kier molecular flexibility index (Phi) is 7.88. The van der Waals surface area contributed by atoms with Crippen LogP contribution < -0.4 is 10.6 Å². The van der Waals surface area contributed by atoms with Crippen LogP contribution in [-0.2, 0) is 6.54 Å². The van der Waals surface area contributed by atoms with Gasteiger partial charge >= 0.3 is 6.03 Å². The van der Waals surface area contributed by atoms with E-state index in [4.69, 9.17) is 0 Å². The largest absolute Gasteiger partial charge is 0.334 e. The SMILES string of the molecule is Cc1ccc(CNC(=O)N[C@@H](CN(C)C2CCN(C)CC2)c2ccccc2)c(C)c1. The van der Waals surface area contributed by atoms with E-state index < -0.39 is 0 Å².